The van der Waals surface area contributed by atoms with E-state index in [1.165, 1.54) is 6.20 Å². The number of rotatable bonds is 4. The van der Waals surface area contributed by atoms with E-state index in [0.717, 1.165) is 22.6 Å². The van der Waals surface area contributed by atoms with E-state index >= 15 is 0 Å². The Labute approximate surface area is 161 Å². The summed E-state index contributed by atoms with van der Waals surface area (Å²) in [6.45, 7) is 3.95. The summed E-state index contributed by atoms with van der Waals surface area (Å²) in [5.74, 6) is -0.426. The number of nitrogens with zero attached hydrogens (tertiary/aromatic N) is 4. The van der Waals surface area contributed by atoms with Crippen molar-refractivity contribution < 1.29 is 4.79 Å². The molecule has 6 nitrogen and oxygen atoms in total. The first-order valence-corrected chi connectivity index (χ1v) is 8.52. The Kier molecular flexibility index (Phi) is 5.34. The van der Waals surface area contributed by atoms with Gasteiger partial charge in [-0.1, -0.05) is 11.6 Å². The number of carbonyl (C=O) groups excluding carboxylic acids is 1. The summed E-state index contributed by atoms with van der Waals surface area (Å²) in [4.78, 5) is 16.0. The molecule has 0 spiro atoms. The van der Waals surface area contributed by atoms with Crippen molar-refractivity contribution >= 4 is 23.7 Å². The predicted molar refractivity (Wildman–Crippen MR) is 104 cm³/mol. The van der Waals surface area contributed by atoms with E-state index in [9.17, 15) is 4.79 Å². The molecule has 0 fully saturated rings. The number of hydrogen-bond donors (Lipinski definition) is 1. The molecule has 2 aromatic heterocycles. The molecule has 0 saturated heterocycles. The maximum Gasteiger partial charge on any atom is 0.274 e. The van der Waals surface area contributed by atoms with Gasteiger partial charge in [0.25, 0.3) is 5.91 Å². The molecule has 0 bridgehead atoms. The van der Waals surface area contributed by atoms with Gasteiger partial charge in [-0.2, -0.15) is 10.4 Å². The Balaban J connectivity index is 1.80. The van der Waals surface area contributed by atoms with Crippen molar-refractivity contribution in [3.63, 3.8) is 0 Å². The lowest BCUT2D eigenvalue weighted by atomic mass is 10.2. The zero-order chi connectivity index (χ0) is 19.4. The van der Waals surface area contributed by atoms with E-state index in [2.05, 4.69) is 26.1 Å². The third kappa shape index (κ3) is 3.89. The molecule has 0 aliphatic heterocycles. The monoisotopic (exact) mass is 377 g/mol. The van der Waals surface area contributed by atoms with Crippen LogP contribution in [0.4, 0.5) is 0 Å². The van der Waals surface area contributed by atoms with E-state index in [1.807, 2.05) is 32.0 Å². The number of amides is 1. The number of hydrogen-bond acceptors (Lipinski definition) is 4. The lowest BCUT2D eigenvalue weighted by Crippen LogP contribution is -2.18. The number of aromatic nitrogens is 2. The summed E-state index contributed by atoms with van der Waals surface area (Å²) in [7, 11) is 0. The second kappa shape index (κ2) is 7.85. The molecule has 27 heavy (non-hydrogen) atoms. The summed E-state index contributed by atoms with van der Waals surface area (Å²) in [6.07, 6.45) is 3.10. The maximum atomic E-state index is 12.1. The van der Waals surface area contributed by atoms with Gasteiger partial charge in [0.05, 0.1) is 23.4 Å². The van der Waals surface area contributed by atoms with Crippen molar-refractivity contribution in [2.45, 2.75) is 13.8 Å². The lowest BCUT2D eigenvalue weighted by Gasteiger charge is -2.09. The van der Waals surface area contributed by atoms with Gasteiger partial charge in [0.2, 0.25) is 0 Å². The molecule has 0 aliphatic carbocycles. The number of nitriles is 1. The molecule has 7 heteroatoms. The molecule has 2 heterocycles. The van der Waals surface area contributed by atoms with Crippen molar-refractivity contribution in [2.75, 3.05) is 0 Å². The zero-order valence-electron chi connectivity index (χ0n) is 14.8. The Morgan fingerprint density at radius 3 is 2.70 bits per heavy atom. The highest BCUT2D eigenvalue weighted by molar-refractivity contribution is 6.32. The summed E-state index contributed by atoms with van der Waals surface area (Å²) in [5, 5.41) is 13.1. The molecule has 3 aromatic rings. The average Bonchev–Trinajstić information content (AvgIpc) is 2.95. The van der Waals surface area contributed by atoms with Gasteiger partial charge in [-0.15, -0.1) is 0 Å². The van der Waals surface area contributed by atoms with Crippen LogP contribution in [-0.2, 0) is 0 Å². The summed E-state index contributed by atoms with van der Waals surface area (Å²) < 4.78 is 2.06. The van der Waals surface area contributed by atoms with E-state index < -0.39 is 5.91 Å². The molecular weight excluding hydrogens is 362 g/mol. The quantitative estimate of drug-likeness (QED) is 0.426. The summed E-state index contributed by atoms with van der Waals surface area (Å²) in [5.41, 5.74) is 7.14. The Morgan fingerprint density at radius 2 is 2.04 bits per heavy atom. The van der Waals surface area contributed by atoms with E-state index in [1.54, 1.807) is 30.5 Å². The van der Waals surface area contributed by atoms with Crippen molar-refractivity contribution in [3.8, 4) is 11.8 Å². The molecule has 0 radical (unpaired) electrons. The number of aryl methyl sites for hydroxylation is 1. The molecular formula is C20H16ClN5O. The third-order valence-corrected chi connectivity index (χ3v) is 4.40. The van der Waals surface area contributed by atoms with Crippen LogP contribution in [-0.4, -0.2) is 21.7 Å². The van der Waals surface area contributed by atoms with Gasteiger partial charge in [0.1, 0.15) is 5.15 Å². The fourth-order valence-corrected chi connectivity index (χ4v) is 2.98. The SMILES string of the molecule is Cc1cc(C=NNC(=O)c2cccnc2Cl)c(C)n1-c1ccc(C#N)cc1. The largest absolute Gasteiger partial charge is 0.318 e. The third-order valence-electron chi connectivity index (χ3n) is 4.10. The standard InChI is InChI=1S/C20H16ClN5O/c1-13-10-16(12-24-25-20(27)18-4-3-9-23-19(18)21)14(2)26(13)17-7-5-15(11-22)6-8-17/h3-10,12H,1-2H3,(H,25,27). The predicted octanol–water partition coefficient (Wildman–Crippen LogP) is 3.78. The molecule has 1 aromatic carbocycles. The first kappa shape index (κ1) is 18.4. The second-order valence-corrected chi connectivity index (χ2v) is 6.22. The number of nitrogens with one attached hydrogen (secondary N) is 1. The molecule has 1 N–H and O–H groups in total. The second-order valence-electron chi connectivity index (χ2n) is 5.86. The zero-order valence-corrected chi connectivity index (χ0v) is 15.5. The normalized spacial score (nSPS) is 10.7. The van der Waals surface area contributed by atoms with Crippen LogP contribution in [0.2, 0.25) is 5.15 Å². The van der Waals surface area contributed by atoms with Crippen LogP contribution >= 0.6 is 11.6 Å². The van der Waals surface area contributed by atoms with Crippen LogP contribution in [0.5, 0.6) is 0 Å². The van der Waals surface area contributed by atoms with Crippen LogP contribution in [0.1, 0.15) is 32.9 Å². The first-order chi connectivity index (χ1) is 13.0. The highest BCUT2D eigenvalue weighted by Gasteiger charge is 2.11. The van der Waals surface area contributed by atoms with Crippen molar-refractivity contribution in [2.24, 2.45) is 5.10 Å². The topological polar surface area (TPSA) is 83.1 Å². The van der Waals surface area contributed by atoms with Crippen LogP contribution in [0, 0.1) is 25.2 Å². The van der Waals surface area contributed by atoms with Crippen LogP contribution in [0.15, 0.2) is 53.8 Å². The fourth-order valence-electron chi connectivity index (χ4n) is 2.78. The van der Waals surface area contributed by atoms with Gasteiger partial charge >= 0.3 is 0 Å². The number of hydrazone groups is 1. The van der Waals surface area contributed by atoms with Gasteiger partial charge in [-0.3, -0.25) is 4.79 Å². The number of benzene rings is 1. The Bertz CT molecular complexity index is 1060. The van der Waals surface area contributed by atoms with Crippen molar-refractivity contribution in [3.05, 3.63) is 81.9 Å². The van der Waals surface area contributed by atoms with E-state index in [-0.39, 0.29) is 10.7 Å². The Morgan fingerprint density at radius 1 is 1.30 bits per heavy atom. The molecule has 134 valence electrons. The van der Waals surface area contributed by atoms with Gasteiger partial charge in [-0.25, -0.2) is 10.4 Å². The molecule has 1 amide bonds. The molecule has 3 rings (SSSR count). The smallest absolute Gasteiger partial charge is 0.274 e. The Hall–Kier alpha value is -3.43. The van der Waals surface area contributed by atoms with Gasteiger partial charge in [0.15, 0.2) is 0 Å². The minimum absolute atomic E-state index is 0.129. The number of carbonyl (C=O) groups is 1. The first-order valence-electron chi connectivity index (χ1n) is 8.14. The number of halogens is 1. The van der Waals surface area contributed by atoms with Crippen molar-refractivity contribution in [1.29, 1.82) is 5.26 Å². The van der Waals surface area contributed by atoms with E-state index in [0.29, 0.717) is 5.56 Å². The minimum Gasteiger partial charge on any atom is -0.318 e. The number of pyridine rings is 1. The van der Waals surface area contributed by atoms with E-state index in [4.69, 9.17) is 16.9 Å². The lowest BCUT2D eigenvalue weighted by molar-refractivity contribution is 0.0955. The molecule has 0 aliphatic rings. The molecule has 0 saturated carbocycles. The molecule has 0 atom stereocenters. The van der Waals surface area contributed by atoms with Gasteiger partial charge in [-0.05, 0) is 56.3 Å². The summed E-state index contributed by atoms with van der Waals surface area (Å²) in [6, 6.07) is 14.6. The van der Waals surface area contributed by atoms with Crippen LogP contribution < -0.4 is 5.43 Å². The van der Waals surface area contributed by atoms with Gasteiger partial charge < -0.3 is 4.57 Å². The van der Waals surface area contributed by atoms with Crippen molar-refractivity contribution in [1.82, 2.24) is 15.0 Å². The minimum atomic E-state index is -0.426. The fraction of sp³-hybridized carbons (Fsp3) is 0.100. The molecule has 0 unspecified atom stereocenters. The van der Waals surface area contributed by atoms with Crippen LogP contribution in [0.3, 0.4) is 0 Å². The van der Waals surface area contributed by atoms with Gasteiger partial charge in [0, 0.05) is 28.8 Å². The summed E-state index contributed by atoms with van der Waals surface area (Å²) >= 11 is 5.91. The highest BCUT2D eigenvalue weighted by Crippen LogP contribution is 2.20. The average molecular weight is 378 g/mol. The highest BCUT2D eigenvalue weighted by atomic mass is 35.5. The maximum absolute atomic E-state index is 12.1. The van der Waals surface area contributed by atoms with Crippen LogP contribution in [0.25, 0.3) is 5.69 Å².